The van der Waals surface area contributed by atoms with Crippen LogP contribution in [0.4, 0.5) is 0 Å². The summed E-state index contributed by atoms with van der Waals surface area (Å²) in [4.78, 5) is 41.5. The first-order valence-corrected chi connectivity index (χ1v) is 8.68. The molecule has 0 radical (unpaired) electrons. The van der Waals surface area contributed by atoms with Gasteiger partial charge in [-0.3, -0.25) is 14.4 Å². The molecule has 1 aliphatic carbocycles. The molecule has 2 aromatic rings. The quantitative estimate of drug-likeness (QED) is 0.879. The van der Waals surface area contributed by atoms with Crippen LogP contribution in [-0.2, 0) is 16.0 Å². The van der Waals surface area contributed by atoms with E-state index in [4.69, 9.17) is 5.73 Å². The Morgan fingerprint density at radius 1 is 1.32 bits per heavy atom. The normalized spacial score (nSPS) is 25.3. The average Bonchev–Trinajstić information content (AvgIpc) is 3.14. The molecule has 130 valence electrons. The Balaban J connectivity index is 1.56. The van der Waals surface area contributed by atoms with Gasteiger partial charge in [-0.05, 0) is 36.3 Å². The van der Waals surface area contributed by atoms with Gasteiger partial charge in [0, 0.05) is 24.2 Å². The van der Waals surface area contributed by atoms with E-state index in [0.717, 1.165) is 30.2 Å². The van der Waals surface area contributed by atoms with Crippen molar-refractivity contribution in [1.29, 1.82) is 0 Å². The van der Waals surface area contributed by atoms with Crippen LogP contribution < -0.4 is 11.3 Å². The molecule has 25 heavy (non-hydrogen) atoms. The minimum atomic E-state index is -0.564. The van der Waals surface area contributed by atoms with E-state index in [2.05, 4.69) is 4.98 Å². The van der Waals surface area contributed by atoms with Gasteiger partial charge in [0.1, 0.15) is 0 Å². The summed E-state index contributed by atoms with van der Waals surface area (Å²) in [6, 6.07) is 9.26. The van der Waals surface area contributed by atoms with E-state index in [1.54, 1.807) is 11.0 Å². The van der Waals surface area contributed by atoms with Gasteiger partial charge in [0.15, 0.2) is 0 Å². The second-order valence-corrected chi connectivity index (χ2v) is 7.27. The molecule has 2 heterocycles. The molecule has 4 rings (SSSR count). The van der Waals surface area contributed by atoms with Gasteiger partial charge in [-0.15, -0.1) is 0 Å². The lowest BCUT2D eigenvalue weighted by Gasteiger charge is -2.24. The van der Waals surface area contributed by atoms with Gasteiger partial charge >= 0.3 is 0 Å². The smallest absolute Gasteiger partial charge is 0.252 e. The number of nitrogens with zero attached hydrogens (tertiary/aromatic N) is 1. The molecule has 6 heteroatoms. The van der Waals surface area contributed by atoms with Gasteiger partial charge in [-0.2, -0.15) is 0 Å². The summed E-state index contributed by atoms with van der Waals surface area (Å²) < 4.78 is 0. The van der Waals surface area contributed by atoms with E-state index >= 15 is 0 Å². The summed E-state index contributed by atoms with van der Waals surface area (Å²) in [6.45, 7) is 0.949. The Morgan fingerprint density at radius 2 is 2.12 bits per heavy atom. The molecule has 2 atom stereocenters. The first kappa shape index (κ1) is 15.9. The topological polar surface area (TPSA) is 96.3 Å². The Hall–Kier alpha value is -2.63. The summed E-state index contributed by atoms with van der Waals surface area (Å²) in [5, 5.41) is 0.900. The van der Waals surface area contributed by atoms with Crippen LogP contribution in [-0.4, -0.2) is 34.8 Å². The second-order valence-electron chi connectivity index (χ2n) is 7.27. The van der Waals surface area contributed by atoms with Gasteiger partial charge in [0.05, 0.1) is 11.8 Å². The van der Waals surface area contributed by atoms with Crippen LogP contribution in [0.2, 0.25) is 0 Å². The molecule has 0 bridgehead atoms. The average molecular weight is 339 g/mol. The van der Waals surface area contributed by atoms with Crippen molar-refractivity contribution in [2.24, 2.45) is 17.1 Å². The molecule has 1 saturated heterocycles. The Kier molecular flexibility index (Phi) is 3.63. The number of carbonyl (C=O) groups excluding carboxylic acids is 2. The minimum Gasteiger partial charge on any atom is -0.369 e. The molecule has 1 aliphatic heterocycles. The van der Waals surface area contributed by atoms with E-state index in [9.17, 15) is 14.4 Å². The van der Waals surface area contributed by atoms with Crippen LogP contribution in [0.3, 0.4) is 0 Å². The zero-order chi connectivity index (χ0) is 17.6. The lowest BCUT2D eigenvalue weighted by Crippen LogP contribution is -2.42. The van der Waals surface area contributed by atoms with Crippen LogP contribution in [0.5, 0.6) is 0 Å². The largest absolute Gasteiger partial charge is 0.369 e. The molecule has 1 aromatic heterocycles. The lowest BCUT2D eigenvalue weighted by molar-refractivity contribution is -0.131. The predicted octanol–water partition coefficient (Wildman–Crippen LogP) is 1.18. The number of carbonyl (C=O) groups is 2. The van der Waals surface area contributed by atoms with Crippen molar-refractivity contribution in [2.45, 2.75) is 25.7 Å². The van der Waals surface area contributed by atoms with Gasteiger partial charge in [-0.1, -0.05) is 24.6 Å². The number of H-pyrrole nitrogens is 1. The molecule has 0 spiro atoms. The van der Waals surface area contributed by atoms with Crippen molar-refractivity contribution in [2.75, 3.05) is 13.1 Å². The van der Waals surface area contributed by atoms with E-state index < -0.39 is 5.41 Å². The molecule has 2 aliphatic rings. The number of hydrogen-bond donors (Lipinski definition) is 2. The number of amides is 2. The van der Waals surface area contributed by atoms with Crippen LogP contribution in [0.15, 0.2) is 35.1 Å². The standard InChI is InChI=1S/C19H21N3O3/c20-18(25)19-7-3-5-14(19)10-22(11-19)16(23)9-13-8-12-4-1-2-6-15(12)21-17(13)24/h1-2,4,6,8,14H,3,5,7,9-11H2,(H2,20,25)(H,21,24)/t14-,19-/m0/s1. The van der Waals surface area contributed by atoms with Crippen LogP contribution >= 0.6 is 0 Å². The fraction of sp³-hybridized carbons (Fsp3) is 0.421. The third-order valence-electron chi connectivity index (χ3n) is 5.89. The number of pyridine rings is 1. The molecule has 2 fully saturated rings. The zero-order valence-electron chi connectivity index (χ0n) is 14.0. The first-order valence-electron chi connectivity index (χ1n) is 8.68. The van der Waals surface area contributed by atoms with Gasteiger partial charge in [0.2, 0.25) is 11.8 Å². The van der Waals surface area contributed by atoms with Crippen LogP contribution in [0.25, 0.3) is 10.9 Å². The maximum absolute atomic E-state index is 12.7. The number of benzene rings is 1. The summed E-state index contributed by atoms with van der Waals surface area (Å²) in [7, 11) is 0. The Labute approximate surface area is 145 Å². The highest BCUT2D eigenvalue weighted by Gasteiger charge is 2.54. The van der Waals surface area contributed by atoms with Gasteiger partial charge < -0.3 is 15.6 Å². The highest BCUT2D eigenvalue weighted by Crippen LogP contribution is 2.48. The van der Waals surface area contributed by atoms with Crippen molar-refractivity contribution in [3.63, 3.8) is 0 Å². The minimum absolute atomic E-state index is 0.0434. The third kappa shape index (κ3) is 2.52. The van der Waals surface area contributed by atoms with Crippen LogP contribution in [0, 0.1) is 11.3 Å². The number of nitrogens with one attached hydrogen (secondary N) is 1. The highest BCUT2D eigenvalue weighted by molar-refractivity contribution is 5.86. The van der Waals surface area contributed by atoms with Crippen LogP contribution in [0.1, 0.15) is 24.8 Å². The van der Waals surface area contributed by atoms with Gasteiger partial charge in [-0.25, -0.2) is 0 Å². The number of rotatable bonds is 3. The van der Waals surface area contributed by atoms with Crippen molar-refractivity contribution in [3.8, 4) is 0 Å². The maximum Gasteiger partial charge on any atom is 0.252 e. The monoisotopic (exact) mass is 339 g/mol. The Morgan fingerprint density at radius 3 is 2.88 bits per heavy atom. The number of nitrogens with two attached hydrogens (primary N) is 1. The molecular weight excluding hydrogens is 318 g/mol. The number of para-hydroxylation sites is 1. The molecular formula is C19H21N3O3. The predicted molar refractivity (Wildman–Crippen MR) is 93.8 cm³/mol. The summed E-state index contributed by atoms with van der Waals surface area (Å²) in [5.41, 5.74) is 6.05. The number of aromatic nitrogens is 1. The number of fused-ring (bicyclic) bond motifs is 2. The van der Waals surface area contributed by atoms with Crippen molar-refractivity contribution < 1.29 is 9.59 Å². The number of hydrogen-bond acceptors (Lipinski definition) is 3. The van der Waals surface area contributed by atoms with Crippen molar-refractivity contribution >= 4 is 22.7 Å². The molecule has 6 nitrogen and oxygen atoms in total. The van der Waals surface area contributed by atoms with Crippen molar-refractivity contribution in [1.82, 2.24) is 9.88 Å². The highest BCUT2D eigenvalue weighted by atomic mass is 16.2. The Bertz CT molecular complexity index is 920. The molecule has 0 unspecified atom stereocenters. The van der Waals surface area contributed by atoms with E-state index in [-0.39, 0.29) is 29.7 Å². The van der Waals surface area contributed by atoms with E-state index in [0.29, 0.717) is 18.7 Å². The second kappa shape index (κ2) is 5.72. The first-order chi connectivity index (χ1) is 12.0. The molecule has 1 aromatic carbocycles. The summed E-state index contributed by atoms with van der Waals surface area (Å²) in [6.07, 6.45) is 2.72. The van der Waals surface area contributed by atoms with E-state index in [1.807, 2.05) is 24.3 Å². The number of likely N-dealkylation sites (tertiary alicyclic amines) is 1. The molecule has 2 amide bonds. The third-order valence-corrected chi connectivity index (χ3v) is 5.89. The van der Waals surface area contributed by atoms with Gasteiger partial charge in [0.25, 0.3) is 5.56 Å². The number of primary amides is 1. The van der Waals surface area contributed by atoms with E-state index in [1.165, 1.54) is 0 Å². The lowest BCUT2D eigenvalue weighted by atomic mass is 9.80. The zero-order valence-corrected chi connectivity index (χ0v) is 14.0. The fourth-order valence-corrected chi connectivity index (χ4v) is 4.48. The number of aromatic amines is 1. The maximum atomic E-state index is 12.7. The SMILES string of the molecule is NC(=O)[C@]12CCC[C@H]1CN(C(=O)Cc1cc3ccccc3[nH]c1=O)C2. The fourth-order valence-electron chi connectivity index (χ4n) is 4.48. The molecule has 1 saturated carbocycles. The summed E-state index contributed by atoms with van der Waals surface area (Å²) in [5.74, 6) is -0.256. The van der Waals surface area contributed by atoms with Crippen molar-refractivity contribution in [3.05, 3.63) is 46.2 Å². The summed E-state index contributed by atoms with van der Waals surface area (Å²) >= 11 is 0. The molecule has 3 N–H and O–H groups in total.